The quantitative estimate of drug-likeness (QED) is 0.623. The molecule has 1 aromatic heterocycles. The Labute approximate surface area is 118 Å². The molecule has 0 saturated carbocycles. The van der Waals surface area contributed by atoms with Gasteiger partial charge in [0.15, 0.2) is 0 Å². The fourth-order valence-electron chi connectivity index (χ4n) is 2.42. The smallest absolute Gasteiger partial charge is 0.125 e. The van der Waals surface area contributed by atoms with Gasteiger partial charge < -0.3 is 0 Å². The summed E-state index contributed by atoms with van der Waals surface area (Å²) in [7, 11) is 0. The third kappa shape index (κ3) is 2.29. The second-order valence-electron chi connectivity index (χ2n) is 5.28. The maximum atomic E-state index is 13.4. The molecule has 0 amide bonds. The van der Waals surface area contributed by atoms with Gasteiger partial charge in [-0.15, -0.1) is 0 Å². The van der Waals surface area contributed by atoms with Crippen LogP contribution in [0, 0.1) is 5.82 Å². The standard InChI is InChI=1S/C18H16FN/c1-12(2)16-10-14-8-9-15(19)11-17(14)20-18(16)13-6-4-3-5-7-13/h3-12H,1-2H3. The molecule has 20 heavy (non-hydrogen) atoms. The molecule has 3 aromatic rings. The molecule has 0 radical (unpaired) electrons. The van der Waals surface area contributed by atoms with Crippen molar-refractivity contribution in [1.82, 2.24) is 4.98 Å². The molecule has 3 rings (SSSR count). The molecule has 0 N–H and O–H groups in total. The maximum absolute atomic E-state index is 13.4. The summed E-state index contributed by atoms with van der Waals surface area (Å²) in [6, 6.07) is 16.9. The van der Waals surface area contributed by atoms with E-state index in [0.717, 1.165) is 16.6 Å². The maximum Gasteiger partial charge on any atom is 0.125 e. The van der Waals surface area contributed by atoms with E-state index in [1.54, 1.807) is 6.07 Å². The van der Waals surface area contributed by atoms with Gasteiger partial charge in [-0.1, -0.05) is 44.2 Å². The number of rotatable bonds is 2. The summed E-state index contributed by atoms with van der Waals surface area (Å²) in [4.78, 5) is 4.69. The first-order chi connectivity index (χ1) is 9.65. The van der Waals surface area contributed by atoms with Crippen molar-refractivity contribution in [2.24, 2.45) is 0 Å². The van der Waals surface area contributed by atoms with E-state index in [4.69, 9.17) is 0 Å². The molecule has 0 bridgehead atoms. The molecular weight excluding hydrogens is 249 g/mol. The highest BCUT2D eigenvalue weighted by Crippen LogP contribution is 2.30. The molecule has 100 valence electrons. The first-order valence-electron chi connectivity index (χ1n) is 6.81. The Hall–Kier alpha value is -2.22. The van der Waals surface area contributed by atoms with Crippen LogP contribution in [0.15, 0.2) is 54.6 Å². The van der Waals surface area contributed by atoms with Crippen LogP contribution in [0.25, 0.3) is 22.2 Å². The second-order valence-corrected chi connectivity index (χ2v) is 5.28. The third-order valence-corrected chi connectivity index (χ3v) is 3.48. The SMILES string of the molecule is CC(C)c1cc2ccc(F)cc2nc1-c1ccccc1. The zero-order chi connectivity index (χ0) is 14.1. The molecule has 0 unspecified atom stereocenters. The molecule has 0 fully saturated rings. The normalized spacial score (nSPS) is 11.2. The fourth-order valence-corrected chi connectivity index (χ4v) is 2.42. The zero-order valence-electron chi connectivity index (χ0n) is 11.6. The van der Waals surface area contributed by atoms with Crippen molar-refractivity contribution >= 4 is 10.9 Å². The Balaban J connectivity index is 2.30. The molecule has 0 aliphatic carbocycles. The van der Waals surface area contributed by atoms with Crippen LogP contribution in [0.3, 0.4) is 0 Å². The Kier molecular flexibility index (Phi) is 3.23. The van der Waals surface area contributed by atoms with Gasteiger partial charge in [-0.3, -0.25) is 0 Å². The fraction of sp³-hybridized carbons (Fsp3) is 0.167. The second kappa shape index (κ2) is 5.04. The molecule has 0 saturated heterocycles. The van der Waals surface area contributed by atoms with E-state index in [9.17, 15) is 4.39 Å². The average Bonchev–Trinajstić information content (AvgIpc) is 2.46. The summed E-state index contributed by atoms with van der Waals surface area (Å²) >= 11 is 0. The summed E-state index contributed by atoms with van der Waals surface area (Å²) in [5, 5.41) is 0.981. The van der Waals surface area contributed by atoms with Crippen molar-refractivity contribution in [2.75, 3.05) is 0 Å². The molecule has 2 heteroatoms. The average molecular weight is 265 g/mol. The van der Waals surface area contributed by atoms with Gasteiger partial charge >= 0.3 is 0 Å². The summed E-state index contributed by atoms with van der Waals surface area (Å²) in [6.45, 7) is 4.30. The minimum absolute atomic E-state index is 0.249. The van der Waals surface area contributed by atoms with Gasteiger partial charge in [0.25, 0.3) is 0 Å². The highest BCUT2D eigenvalue weighted by atomic mass is 19.1. The van der Waals surface area contributed by atoms with E-state index >= 15 is 0 Å². The molecule has 0 aliphatic rings. The molecule has 0 atom stereocenters. The number of hydrogen-bond donors (Lipinski definition) is 0. The number of hydrogen-bond acceptors (Lipinski definition) is 1. The van der Waals surface area contributed by atoms with Crippen LogP contribution >= 0.6 is 0 Å². The number of aromatic nitrogens is 1. The van der Waals surface area contributed by atoms with E-state index in [1.807, 2.05) is 30.3 Å². The molecule has 2 aromatic carbocycles. The predicted molar refractivity (Wildman–Crippen MR) is 81.2 cm³/mol. The molecule has 0 spiro atoms. The van der Waals surface area contributed by atoms with E-state index in [0.29, 0.717) is 11.4 Å². The van der Waals surface area contributed by atoms with E-state index in [2.05, 4.69) is 24.9 Å². The van der Waals surface area contributed by atoms with E-state index < -0.39 is 0 Å². The van der Waals surface area contributed by atoms with Gasteiger partial charge in [-0.05, 0) is 29.7 Å². The van der Waals surface area contributed by atoms with Crippen LogP contribution in [0.5, 0.6) is 0 Å². The summed E-state index contributed by atoms with van der Waals surface area (Å²) in [5.74, 6) is 0.119. The van der Waals surface area contributed by atoms with Crippen LogP contribution in [0.1, 0.15) is 25.3 Å². The first-order valence-corrected chi connectivity index (χ1v) is 6.81. The minimum Gasteiger partial charge on any atom is -0.247 e. The van der Waals surface area contributed by atoms with Crippen molar-refractivity contribution < 1.29 is 4.39 Å². The van der Waals surface area contributed by atoms with Crippen molar-refractivity contribution in [3.05, 3.63) is 66.0 Å². The van der Waals surface area contributed by atoms with Gasteiger partial charge in [-0.25, -0.2) is 9.37 Å². The van der Waals surface area contributed by atoms with Crippen LogP contribution in [-0.2, 0) is 0 Å². The van der Waals surface area contributed by atoms with Crippen molar-refractivity contribution in [1.29, 1.82) is 0 Å². The lowest BCUT2D eigenvalue weighted by Gasteiger charge is -2.14. The van der Waals surface area contributed by atoms with Crippen LogP contribution in [0.2, 0.25) is 0 Å². The van der Waals surface area contributed by atoms with Crippen LogP contribution in [0.4, 0.5) is 4.39 Å². The lowest BCUT2D eigenvalue weighted by Crippen LogP contribution is -1.97. The number of halogens is 1. The Morgan fingerprint density at radius 2 is 1.70 bits per heavy atom. The zero-order valence-corrected chi connectivity index (χ0v) is 11.6. The summed E-state index contributed by atoms with van der Waals surface area (Å²) in [6.07, 6.45) is 0. The van der Waals surface area contributed by atoms with Crippen molar-refractivity contribution in [3.63, 3.8) is 0 Å². The summed E-state index contributed by atoms with van der Waals surface area (Å²) in [5.41, 5.74) is 3.91. The topological polar surface area (TPSA) is 12.9 Å². The number of benzene rings is 2. The van der Waals surface area contributed by atoms with Gasteiger partial charge in [0.1, 0.15) is 5.82 Å². The van der Waals surface area contributed by atoms with Gasteiger partial charge in [-0.2, -0.15) is 0 Å². The van der Waals surface area contributed by atoms with E-state index in [1.165, 1.54) is 17.7 Å². The van der Waals surface area contributed by atoms with Gasteiger partial charge in [0.05, 0.1) is 11.2 Å². The Morgan fingerprint density at radius 1 is 0.950 bits per heavy atom. The lowest BCUT2D eigenvalue weighted by molar-refractivity contribution is 0.629. The highest BCUT2D eigenvalue weighted by molar-refractivity contribution is 5.83. The third-order valence-electron chi connectivity index (χ3n) is 3.48. The lowest BCUT2D eigenvalue weighted by atomic mass is 9.95. The minimum atomic E-state index is -0.249. The van der Waals surface area contributed by atoms with Crippen LogP contribution in [-0.4, -0.2) is 4.98 Å². The van der Waals surface area contributed by atoms with E-state index in [-0.39, 0.29) is 5.82 Å². The molecule has 1 nitrogen and oxygen atoms in total. The number of pyridine rings is 1. The first kappa shape index (κ1) is 12.8. The summed E-state index contributed by atoms with van der Waals surface area (Å²) < 4.78 is 13.4. The monoisotopic (exact) mass is 265 g/mol. The Bertz CT molecular complexity index is 748. The largest absolute Gasteiger partial charge is 0.247 e. The molecule has 1 heterocycles. The number of fused-ring (bicyclic) bond motifs is 1. The van der Waals surface area contributed by atoms with Crippen molar-refractivity contribution in [2.45, 2.75) is 19.8 Å². The van der Waals surface area contributed by atoms with Crippen molar-refractivity contribution in [3.8, 4) is 11.3 Å². The molecular formula is C18H16FN. The highest BCUT2D eigenvalue weighted by Gasteiger charge is 2.12. The Morgan fingerprint density at radius 3 is 2.40 bits per heavy atom. The molecule has 0 aliphatic heterocycles. The van der Waals surface area contributed by atoms with Gasteiger partial charge in [0.2, 0.25) is 0 Å². The van der Waals surface area contributed by atoms with Crippen LogP contribution < -0.4 is 0 Å². The van der Waals surface area contributed by atoms with Gasteiger partial charge in [0, 0.05) is 17.0 Å². The number of nitrogens with zero attached hydrogens (tertiary/aromatic N) is 1. The predicted octanol–water partition coefficient (Wildman–Crippen LogP) is 5.16.